The number of hydrogen-bond donors (Lipinski definition) is 0. The van der Waals surface area contributed by atoms with E-state index in [0.29, 0.717) is 38.6 Å². The Kier molecular flexibility index (Phi) is 9.28. The second-order valence-corrected chi connectivity index (χ2v) is 7.27. The number of ether oxygens (including phenoxy) is 2. The fourth-order valence-electron chi connectivity index (χ4n) is 2.36. The highest BCUT2D eigenvalue weighted by Crippen LogP contribution is 2.19. The van der Waals surface area contributed by atoms with E-state index < -0.39 is 10.0 Å². The lowest BCUT2D eigenvalue weighted by molar-refractivity contribution is 0.173. The first-order valence-electron chi connectivity index (χ1n) is 8.43. The SMILES string of the molecule is CCOc1ccc(S(=O)(=O)N(CCOC)CCN(CC)CC)cc1. The first-order valence-corrected chi connectivity index (χ1v) is 9.87. The molecule has 0 heterocycles. The Balaban J connectivity index is 2.92. The smallest absolute Gasteiger partial charge is 0.243 e. The monoisotopic (exact) mass is 358 g/mol. The molecule has 0 bridgehead atoms. The second kappa shape index (κ2) is 10.7. The van der Waals surface area contributed by atoms with E-state index in [1.807, 2.05) is 6.92 Å². The molecular weight excluding hydrogens is 328 g/mol. The average Bonchev–Trinajstić information content (AvgIpc) is 2.59. The van der Waals surface area contributed by atoms with E-state index in [0.717, 1.165) is 13.1 Å². The van der Waals surface area contributed by atoms with Crippen molar-refractivity contribution in [2.75, 3.05) is 53.0 Å². The Hall–Kier alpha value is -1.15. The molecule has 0 aromatic heterocycles. The molecule has 1 rings (SSSR count). The Morgan fingerprint density at radius 2 is 1.58 bits per heavy atom. The number of sulfonamides is 1. The number of rotatable bonds is 12. The molecule has 138 valence electrons. The van der Waals surface area contributed by atoms with Crippen molar-refractivity contribution in [2.24, 2.45) is 0 Å². The van der Waals surface area contributed by atoms with Gasteiger partial charge in [-0.05, 0) is 44.3 Å². The molecule has 7 heteroatoms. The van der Waals surface area contributed by atoms with Gasteiger partial charge in [-0.25, -0.2) is 8.42 Å². The molecule has 0 unspecified atom stereocenters. The van der Waals surface area contributed by atoms with Gasteiger partial charge in [0.1, 0.15) is 5.75 Å². The van der Waals surface area contributed by atoms with Gasteiger partial charge >= 0.3 is 0 Å². The zero-order chi connectivity index (χ0) is 18.0. The lowest BCUT2D eigenvalue weighted by Gasteiger charge is -2.25. The Morgan fingerprint density at radius 3 is 2.08 bits per heavy atom. The highest BCUT2D eigenvalue weighted by atomic mass is 32.2. The van der Waals surface area contributed by atoms with Gasteiger partial charge in [-0.15, -0.1) is 0 Å². The fourth-order valence-corrected chi connectivity index (χ4v) is 3.78. The molecular formula is C17H30N2O4S. The maximum Gasteiger partial charge on any atom is 0.243 e. The molecule has 24 heavy (non-hydrogen) atoms. The molecule has 1 aromatic carbocycles. The van der Waals surface area contributed by atoms with Crippen LogP contribution in [0.4, 0.5) is 0 Å². The first-order chi connectivity index (χ1) is 11.5. The molecule has 0 aliphatic carbocycles. The van der Waals surface area contributed by atoms with Crippen molar-refractivity contribution in [3.63, 3.8) is 0 Å². The Labute approximate surface area is 146 Å². The molecule has 6 nitrogen and oxygen atoms in total. The summed E-state index contributed by atoms with van der Waals surface area (Å²) < 4.78 is 37.8. The van der Waals surface area contributed by atoms with Crippen LogP contribution in [0.2, 0.25) is 0 Å². The molecule has 0 amide bonds. The van der Waals surface area contributed by atoms with E-state index in [2.05, 4.69) is 18.7 Å². The molecule has 0 saturated heterocycles. The molecule has 0 radical (unpaired) electrons. The average molecular weight is 359 g/mol. The summed E-state index contributed by atoms with van der Waals surface area (Å²) >= 11 is 0. The van der Waals surface area contributed by atoms with Crippen molar-refractivity contribution < 1.29 is 17.9 Å². The van der Waals surface area contributed by atoms with Crippen LogP contribution in [-0.2, 0) is 14.8 Å². The van der Waals surface area contributed by atoms with Crippen LogP contribution in [0.15, 0.2) is 29.2 Å². The highest BCUT2D eigenvalue weighted by Gasteiger charge is 2.24. The van der Waals surface area contributed by atoms with Gasteiger partial charge in [0.25, 0.3) is 0 Å². The van der Waals surface area contributed by atoms with Crippen LogP contribution in [0, 0.1) is 0 Å². The van der Waals surface area contributed by atoms with Gasteiger partial charge in [0.2, 0.25) is 10.0 Å². The normalized spacial score (nSPS) is 12.1. The van der Waals surface area contributed by atoms with Crippen LogP contribution >= 0.6 is 0 Å². The summed E-state index contributed by atoms with van der Waals surface area (Å²) in [4.78, 5) is 2.48. The number of likely N-dealkylation sites (N-methyl/N-ethyl adjacent to an activating group) is 1. The molecule has 0 aliphatic heterocycles. The fraction of sp³-hybridized carbons (Fsp3) is 0.647. The third-order valence-corrected chi connectivity index (χ3v) is 5.79. The van der Waals surface area contributed by atoms with Gasteiger partial charge in [0.15, 0.2) is 0 Å². The van der Waals surface area contributed by atoms with Crippen molar-refractivity contribution in [2.45, 2.75) is 25.7 Å². The second-order valence-electron chi connectivity index (χ2n) is 5.33. The number of hydrogen-bond acceptors (Lipinski definition) is 5. The van der Waals surface area contributed by atoms with Crippen LogP contribution < -0.4 is 4.74 Å². The zero-order valence-electron chi connectivity index (χ0n) is 15.2. The van der Waals surface area contributed by atoms with E-state index in [9.17, 15) is 8.42 Å². The first kappa shape index (κ1) is 20.9. The highest BCUT2D eigenvalue weighted by molar-refractivity contribution is 7.89. The lowest BCUT2D eigenvalue weighted by atomic mass is 10.3. The molecule has 0 spiro atoms. The largest absolute Gasteiger partial charge is 0.494 e. The third kappa shape index (κ3) is 6.05. The molecule has 1 aromatic rings. The number of methoxy groups -OCH3 is 1. The summed E-state index contributed by atoms with van der Waals surface area (Å²) in [5.74, 6) is 0.669. The predicted molar refractivity (Wildman–Crippen MR) is 96.0 cm³/mol. The standard InChI is InChI=1S/C17H30N2O4S/c1-5-18(6-2)12-13-19(14-15-22-4)24(20,21)17-10-8-16(9-11-17)23-7-3/h8-11H,5-7,12-15H2,1-4H3. The zero-order valence-corrected chi connectivity index (χ0v) is 16.0. The Morgan fingerprint density at radius 1 is 0.958 bits per heavy atom. The minimum atomic E-state index is -3.55. The van der Waals surface area contributed by atoms with Crippen molar-refractivity contribution in [3.05, 3.63) is 24.3 Å². The summed E-state index contributed by atoms with van der Waals surface area (Å²) in [5.41, 5.74) is 0. The van der Waals surface area contributed by atoms with E-state index in [4.69, 9.17) is 9.47 Å². The maximum atomic E-state index is 12.9. The van der Waals surface area contributed by atoms with Crippen molar-refractivity contribution in [1.29, 1.82) is 0 Å². The van der Waals surface area contributed by atoms with E-state index in [-0.39, 0.29) is 4.90 Å². The third-order valence-electron chi connectivity index (χ3n) is 3.88. The molecule has 0 N–H and O–H groups in total. The number of benzene rings is 1. The van der Waals surface area contributed by atoms with Gasteiger partial charge in [0, 0.05) is 26.7 Å². The van der Waals surface area contributed by atoms with Gasteiger partial charge in [-0.3, -0.25) is 0 Å². The molecule has 0 aliphatic rings. The van der Waals surface area contributed by atoms with E-state index in [1.165, 1.54) is 4.31 Å². The van der Waals surface area contributed by atoms with Gasteiger partial charge < -0.3 is 14.4 Å². The van der Waals surface area contributed by atoms with Crippen molar-refractivity contribution in [1.82, 2.24) is 9.21 Å². The topological polar surface area (TPSA) is 59.1 Å². The van der Waals surface area contributed by atoms with Crippen LogP contribution in [0.5, 0.6) is 5.75 Å². The molecule has 0 saturated carbocycles. The van der Waals surface area contributed by atoms with Gasteiger partial charge in [-0.2, -0.15) is 4.31 Å². The van der Waals surface area contributed by atoms with Crippen LogP contribution in [0.25, 0.3) is 0 Å². The maximum absolute atomic E-state index is 12.9. The predicted octanol–water partition coefficient (Wildman–Crippen LogP) is 2.06. The summed E-state index contributed by atoms with van der Waals surface area (Å²) in [7, 11) is -1.97. The van der Waals surface area contributed by atoms with Crippen molar-refractivity contribution >= 4 is 10.0 Å². The number of nitrogens with zero attached hydrogens (tertiary/aromatic N) is 2. The molecule has 0 atom stereocenters. The minimum Gasteiger partial charge on any atom is -0.494 e. The quantitative estimate of drug-likeness (QED) is 0.572. The van der Waals surface area contributed by atoms with Gasteiger partial charge in [-0.1, -0.05) is 13.8 Å². The van der Waals surface area contributed by atoms with Crippen LogP contribution in [0.1, 0.15) is 20.8 Å². The Bertz CT molecular complexity index is 556. The van der Waals surface area contributed by atoms with Crippen molar-refractivity contribution in [3.8, 4) is 5.75 Å². The molecule has 0 fully saturated rings. The summed E-state index contributed by atoms with van der Waals surface area (Å²) in [6, 6.07) is 6.57. The van der Waals surface area contributed by atoms with Gasteiger partial charge in [0.05, 0.1) is 18.1 Å². The van der Waals surface area contributed by atoms with Crippen LogP contribution in [-0.4, -0.2) is 70.7 Å². The summed E-state index contributed by atoms with van der Waals surface area (Å²) in [6.07, 6.45) is 0. The summed E-state index contributed by atoms with van der Waals surface area (Å²) in [5, 5.41) is 0. The van der Waals surface area contributed by atoms with E-state index in [1.54, 1.807) is 31.4 Å². The van der Waals surface area contributed by atoms with E-state index >= 15 is 0 Å². The lowest BCUT2D eigenvalue weighted by Crippen LogP contribution is -2.40. The minimum absolute atomic E-state index is 0.279. The summed E-state index contributed by atoms with van der Waals surface area (Å²) in [6.45, 7) is 10.2. The van der Waals surface area contributed by atoms with Crippen LogP contribution in [0.3, 0.4) is 0 Å².